The van der Waals surface area contributed by atoms with Gasteiger partial charge in [-0.3, -0.25) is 9.88 Å². The molecular formula is C28H35N7. The molecule has 182 valence electrons. The molecule has 5 rings (SSSR count). The number of anilines is 1. The molecule has 1 aliphatic heterocycles. The summed E-state index contributed by atoms with van der Waals surface area (Å²) in [6.07, 6.45) is 2.79. The number of rotatable bonds is 6. The van der Waals surface area contributed by atoms with Gasteiger partial charge in [-0.2, -0.15) is 0 Å². The van der Waals surface area contributed by atoms with E-state index in [0.29, 0.717) is 0 Å². The maximum atomic E-state index is 4.60. The van der Waals surface area contributed by atoms with Crippen LogP contribution < -0.4 is 4.90 Å². The lowest BCUT2D eigenvalue weighted by atomic mass is 9.98. The van der Waals surface area contributed by atoms with Gasteiger partial charge < -0.3 is 4.90 Å². The van der Waals surface area contributed by atoms with Crippen molar-refractivity contribution in [2.24, 2.45) is 0 Å². The SMILES string of the molecule is CCC(C)(C)n1nnnc1[C@H](c1ccc2ncccc2c1)N1CCN(c2cc(C)ccc2C)CC1. The van der Waals surface area contributed by atoms with Gasteiger partial charge in [0.1, 0.15) is 0 Å². The molecule has 0 unspecified atom stereocenters. The van der Waals surface area contributed by atoms with Crippen LogP contribution in [0.15, 0.2) is 54.7 Å². The molecule has 2 aromatic carbocycles. The maximum absolute atomic E-state index is 4.60. The minimum Gasteiger partial charge on any atom is -0.369 e. The second kappa shape index (κ2) is 9.38. The summed E-state index contributed by atoms with van der Waals surface area (Å²) >= 11 is 0. The molecule has 7 heteroatoms. The molecule has 0 bridgehead atoms. The summed E-state index contributed by atoms with van der Waals surface area (Å²) in [5.41, 5.74) is 6.01. The highest BCUT2D eigenvalue weighted by atomic mass is 15.6. The average molecular weight is 470 g/mol. The van der Waals surface area contributed by atoms with Gasteiger partial charge in [-0.15, -0.1) is 5.10 Å². The molecule has 1 saturated heterocycles. The minimum atomic E-state index is -0.171. The number of tetrazole rings is 1. The van der Waals surface area contributed by atoms with Crippen molar-refractivity contribution in [3.8, 4) is 0 Å². The van der Waals surface area contributed by atoms with Crippen molar-refractivity contribution in [2.75, 3.05) is 31.1 Å². The van der Waals surface area contributed by atoms with Crippen LogP contribution in [0.1, 0.15) is 55.7 Å². The number of piperazine rings is 1. The fourth-order valence-electron chi connectivity index (χ4n) is 5.01. The topological polar surface area (TPSA) is 63.0 Å². The van der Waals surface area contributed by atoms with Crippen LogP contribution in [0.4, 0.5) is 5.69 Å². The van der Waals surface area contributed by atoms with Gasteiger partial charge in [0.15, 0.2) is 5.82 Å². The zero-order valence-electron chi connectivity index (χ0n) is 21.4. The van der Waals surface area contributed by atoms with Gasteiger partial charge >= 0.3 is 0 Å². The number of hydrogen-bond acceptors (Lipinski definition) is 6. The van der Waals surface area contributed by atoms with Crippen LogP contribution in [0.3, 0.4) is 0 Å². The first kappa shape index (κ1) is 23.4. The van der Waals surface area contributed by atoms with E-state index in [4.69, 9.17) is 0 Å². The zero-order chi connectivity index (χ0) is 24.6. The summed E-state index contributed by atoms with van der Waals surface area (Å²) in [5.74, 6) is 0.903. The second-order valence-corrected chi connectivity index (χ2v) is 10.3. The van der Waals surface area contributed by atoms with Gasteiger partial charge in [-0.25, -0.2) is 4.68 Å². The predicted octanol–water partition coefficient (Wildman–Crippen LogP) is 4.89. The van der Waals surface area contributed by atoms with Crippen molar-refractivity contribution in [1.82, 2.24) is 30.1 Å². The first-order valence-electron chi connectivity index (χ1n) is 12.6. The molecule has 4 aromatic rings. The van der Waals surface area contributed by atoms with Gasteiger partial charge in [-0.1, -0.05) is 31.2 Å². The first-order valence-corrected chi connectivity index (χ1v) is 12.6. The Morgan fingerprint density at radius 1 is 0.971 bits per heavy atom. The highest BCUT2D eigenvalue weighted by molar-refractivity contribution is 5.79. The Morgan fingerprint density at radius 3 is 2.54 bits per heavy atom. The summed E-state index contributed by atoms with van der Waals surface area (Å²) in [4.78, 5) is 9.57. The smallest absolute Gasteiger partial charge is 0.173 e. The second-order valence-electron chi connectivity index (χ2n) is 10.3. The third-order valence-electron chi connectivity index (χ3n) is 7.50. The van der Waals surface area contributed by atoms with Gasteiger partial charge in [0.05, 0.1) is 17.1 Å². The quantitative estimate of drug-likeness (QED) is 0.400. The van der Waals surface area contributed by atoms with Crippen molar-refractivity contribution in [3.63, 3.8) is 0 Å². The fraction of sp³-hybridized carbons (Fsp3) is 0.429. The molecule has 0 saturated carbocycles. The summed E-state index contributed by atoms with van der Waals surface area (Å²) in [6, 6.07) is 17.4. The third-order valence-corrected chi connectivity index (χ3v) is 7.50. The minimum absolute atomic E-state index is 0.0267. The Bertz CT molecular complexity index is 1320. The number of aromatic nitrogens is 5. The Labute approximate surface area is 207 Å². The van der Waals surface area contributed by atoms with Crippen molar-refractivity contribution in [3.05, 3.63) is 77.2 Å². The van der Waals surface area contributed by atoms with Crippen molar-refractivity contribution in [2.45, 2.75) is 52.6 Å². The lowest BCUT2D eigenvalue weighted by molar-refractivity contribution is 0.187. The highest BCUT2D eigenvalue weighted by Crippen LogP contribution is 2.33. The van der Waals surface area contributed by atoms with E-state index in [-0.39, 0.29) is 11.6 Å². The van der Waals surface area contributed by atoms with Crippen molar-refractivity contribution >= 4 is 16.6 Å². The Morgan fingerprint density at radius 2 is 1.77 bits per heavy atom. The lowest BCUT2D eigenvalue weighted by Crippen LogP contribution is -2.49. The summed E-state index contributed by atoms with van der Waals surface area (Å²) < 4.78 is 2.03. The molecule has 35 heavy (non-hydrogen) atoms. The first-order chi connectivity index (χ1) is 16.9. The van der Waals surface area contributed by atoms with Gasteiger partial charge in [0, 0.05) is 43.4 Å². The van der Waals surface area contributed by atoms with Crippen LogP contribution >= 0.6 is 0 Å². The van der Waals surface area contributed by atoms with Crippen LogP contribution in [0.25, 0.3) is 10.9 Å². The fourth-order valence-corrected chi connectivity index (χ4v) is 5.01. The average Bonchev–Trinajstić information content (AvgIpc) is 3.36. The molecule has 0 radical (unpaired) electrons. The van der Waals surface area contributed by atoms with E-state index in [1.165, 1.54) is 22.4 Å². The Balaban J connectivity index is 1.51. The number of pyridine rings is 1. The molecule has 0 aliphatic carbocycles. The third kappa shape index (κ3) is 4.52. The predicted molar refractivity (Wildman–Crippen MR) is 141 cm³/mol. The summed E-state index contributed by atoms with van der Waals surface area (Å²) in [7, 11) is 0. The normalized spacial score (nSPS) is 16.1. The molecule has 0 spiro atoms. The Kier molecular flexibility index (Phi) is 6.28. The van der Waals surface area contributed by atoms with Crippen LogP contribution in [-0.2, 0) is 5.54 Å². The number of hydrogen-bond donors (Lipinski definition) is 0. The molecule has 3 heterocycles. The van der Waals surface area contributed by atoms with E-state index in [1.807, 2.05) is 16.9 Å². The number of benzene rings is 2. The Hall–Kier alpha value is -3.32. The van der Waals surface area contributed by atoms with Crippen LogP contribution in [0, 0.1) is 13.8 Å². The molecular weight excluding hydrogens is 434 g/mol. The van der Waals surface area contributed by atoms with Crippen LogP contribution in [0.2, 0.25) is 0 Å². The largest absolute Gasteiger partial charge is 0.369 e. The van der Waals surface area contributed by atoms with Crippen molar-refractivity contribution in [1.29, 1.82) is 0 Å². The standard InChI is InChI=1S/C28H35N7/c1-6-28(4,5)35-27(30-31-32-35)26(23-11-12-24-22(19-23)8-7-13-29-24)34-16-14-33(15-17-34)25-18-20(2)9-10-21(25)3/h7-13,18-19,26H,6,14-17H2,1-5H3/t26-/m0/s1. The number of nitrogens with zero attached hydrogens (tertiary/aromatic N) is 7. The highest BCUT2D eigenvalue weighted by Gasteiger charge is 2.34. The van der Waals surface area contributed by atoms with Crippen LogP contribution in [-0.4, -0.2) is 56.3 Å². The van der Waals surface area contributed by atoms with Gasteiger partial charge in [0.25, 0.3) is 0 Å². The van der Waals surface area contributed by atoms with Gasteiger partial charge in [-0.05, 0) is 85.5 Å². The van der Waals surface area contributed by atoms with E-state index in [2.05, 4.69) is 107 Å². The lowest BCUT2D eigenvalue weighted by Gasteiger charge is -2.41. The van der Waals surface area contributed by atoms with E-state index < -0.39 is 0 Å². The summed E-state index contributed by atoms with van der Waals surface area (Å²) in [6.45, 7) is 14.8. The number of aryl methyl sites for hydroxylation is 2. The molecule has 1 aliphatic rings. The maximum Gasteiger partial charge on any atom is 0.173 e. The molecule has 1 fully saturated rings. The van der Waals surface area contributed by atoms with E-state index in [9.17, 15) is 0 Å². The van der Waals surface area contributed by atoms with Crippen LogP contribution in [0.5, 0.6) is 0 Å². The van der Waals surface area contributed by atoms with E-state index in [1.54, 1.807) is 0 Å². The van der Waals surface area contributed by atoms with E-state index in [0.717, 1.165) is 49.3 Å². The van der Waals surface area contributed by atoms with Gasteiger partial charge in [0.2, 0.25) is 0 Å². The molecule has 0 amide bonds. The molecule has 1 atom stereocenters. The monoisotopic (exact) mass is 469 g/mol. The molecule has 0 N–H and O–H groups in total. The number of fused-ring (bicyclic) bond motifs is 1. The zero-order valence-corrected chi connectivity index (χ0v) is 21.4. The molecule has 7 nitrogen and oxygen atoms in total. The van der Waals surface area contributed by atoms with Crippen molar-refractivity contribution < 1.29 is 0 Å². The van der Waals surface area contributed by atoms with E-state index >= 15 is 0 Å². The molecule has 2 aromatic heterocycles. The summed E-state index contributed by atoms with van der Waals surface area (Å²) in [5, 5.41) is 14.3.